The first-order chi connectivity index (χ1) is 19.7. The lowest BCUT2D eigenvalue weighted by atomic mass is 9.93. The number of esters is 1. The molecule has 0 amide bonds. The number of aromatic nitrogens is 1. The molecule has 2 aromatic carbocycles. The molecule has 0 radical (unpaired) electrons. The molecule has 1 atom stereocenters. The second-order valence-electron chi connectivity index (χ2n) is 10.7. The van der Waals surface area contributed by atoms with E-state index in [0.717, 1.165) is 43.5 Å². The number of nitro groups is 1. The zero-order valence-corrected chi connectivity index (χ0v) is 24.6. The highest BCUT2D eigenvalue weighted by Crippen LogP contribution is 2.33. The minimum atomic E-state index is -0.704. The molecule has 0 aliphatic carbocycles. The van der Waals surface area contributed by atoms with Crippen LogP contribution in [-0.2, 0) is 9.53 Å². The molecule has 3 aromatic rings. The summed E-state index contributed by atoms with van der Waals surface area (Å²) in [6.07, 6.45) is 4.81. The fourth-order valence-corrected chi connectivity index (χ4v) is 6.55. The summed E-state index contributed by atoms with van der Waals surface area (Å²) < 4.78 is 7.29. The molecular weight excluding hydrogens is 540 g/mol. The van der Waals surface area contributed by atoms with Gasteiger partial charge in [-0.25, -0.2) is 9.79 Å². The number of nitrogens with zero attached hydrogens (tertiary/aromatic N) is 4. The molecule has 1 aromatic heterocycles. The van der Waals surface area contributed by atoms with Gasteiger partial charge in [0.15, 0.2) is 4.80 Å². The van der Waals surface area contributed by atoms with Gasteiger partial charge in [-0.1, -0.05) is 55.5 Å². The standard InChI is InChI=1S/C31H34N4O5S/c1-5-40-30(37)27-20(4)32-31-34(28(27)23-12-10-22(11-13-23)19(2)3)29(36)26(41-31)18-21-9-14-24(25(17-21)35(38)39)33-15-7-6-8-16-33/h9-14,17-19,28H,5-8,15-16H2,1-4H3. The first kappa shape index (κ1) is 28.5. The number of anilines is 1. The van der Waals surface area contributed by atoms with Gasteiger partial charge >= 0.3 is 5.97 Å². The van der Waals surface area contributed by atoms with E-state index in [1.165, 1.54) is 22.0 Å². The predicted octanol–water partition coefficient (Wildman–Crippen LogP) is 4.82. The van der Waals surface area contributed by atoms with E-state index in [1.54, 1.807) is 26.0 Å². The predicted molar refractivity (Wildman–Crippen MR) is 160 cm³/mol. The number of piperidine rings is 1. The van der Waals surface area contributed by atoms with Gasteiger partial charge in [0.1, 0.15) is 5.69 Å². The molecule has 0 spiro atoms. The summed E-state index contributed by atoms with van der Waals surface area (Å²) in [5.74, 6) is -0.178. The van der Waals surface area contributed by atoms with Gasteiger partial charge in [-0.3, -0.25) is 19.5 Å². The van der Waals surface area contributed by atoms with E-state index in [2.05, 4.69) is 23.7 Å². The Bertz CT molecular complexity index is 1700. The van der Waals surface area contributed by atoms with Crippen LogP contribution in [0.3, 0.4) is 0 Å². The van der Waals surface area contributed by atoms with Crippen LogP contribution in [-0.4, -0.2) is 35.2 Å². The third-order valence-corrected chi connectivity index (χ3v) is 8.61. The third kappa shape index (κ3) is 5.61. The highest BCUT2D eigenvalue weighted by molar-refractivity contribution is 7.07. The van der Waals surface area contributed by atoms with Crippen LogP contribution in [0.2, 0.25) is 0 Å². The van der Waals surface area contributed by atoms with Crippen molar-refractivity contribution in [2.75, 3.05) is 24.6 Å². The molecule has 10 heteroatoms. The van der Waals surface area contributed by atoms with Crippen LogP contribution in [0.4, 0.5) is 11.4 Å². The maximum atomic E-state index is 13.9. The van der Waals surface area contributed by atoms with Gasteiger partial charge in [0, 0.05) is 19.2 Å². The minimum Gasteiger partial charge on any atom is -0.463 e. The summed E-state index contributed by atoms with van der Waals surface area (Å²) >= 11 is 1.20. The molecule has 214 valence electrons. The second kappa shape index (κ2) is 11.8. The monoisotopic (exact) mass is 574 g/mol. The van der Waals surface area contributed by atoms with Gasteiger partial charge in [0.05, 0.1) is 33.4 Å². The molecular formula is C31H34N4O5S. The van der Waals surface area contributed by atoms with Crippen molar-refractivity contribution < 1.29 is 14.5 Å². The fraction of sp³-hybridized carbons (Fsp3) is 0.387. The molecule has 1 saturated heterocycles. The number of hydrogen-bond donors (Lipinski definition) is 0. The Hall–Kier alpha value is -4.05. The van der Waals surface area contributed by atoms with Crippen molar-refractivity contribution in [2.45, 2.75) is 58.9 Å². The molecule has 0 bridgehead atoms. The van der Waals surface area contributed by atoms with Gasteiger partial charge < -0.3 is 9.64 Å². The Kier molecular flexibility index (Phi) is 8.21. The van der Waals surface area contributed by atoms with Crippen molar-refractivity contribution in [3.63, 3.8) is 0 Å². The van der Waals surface area contributed by atoms with E-state index in [0.29, 0.717) is 37.8 Å². The van der Waals surface area contributed by atoms with Crippen molar-refractivity contribution >= 4 is 34.8 Å². The highest BCUT2D eigenvalue weighted by Gasteiger charge is 2.33. The highest BCUT2D eigenvalue weighted by atomic mass is 32.1. The van der Waals surface area contributed by atoms with Crippen LogP contribution in [0.25, 0.3) is 6.08 Å². The van der Waals surface area contributed by atoms with Crippen molar-refractivity contribution in [1.82, 2.24) is 4.57 Å². The van der Waals surface area contributed by atoms with Gasteiger partial charge in [-0.2, -0.15) is 0 Å². The molecule has 3 heterocycles. The zero-order chi connectivity index (χ0) is 29.3. The number of allylic oxidation sites excluding steroid dienone is 1. The van der Waals surface area contributed by atoms with Gasteiger partial charge in [-0.15, -0.1) is 0 Å². The van der Waals surface area contributed by atoms with E-state index < -0.39 is 12.0 Å². The van der Waals surface area contributed by atoms with Crippen LogP contribution < -0.4 is 19.8 Å². The summed E-state index contributed by atoms with van der Waals surface area (Å²) in [5, 5.41) is 12.0. The summed E-state index contributed by atoms with van der Waals surface area (Å²) in [6.45, 7) is 9.49. The van der Waals surface area contributed by atoms with E-state index in [-0.39, 0.29) is 22.8 Å². The molecule has 1 unspecified atom stereocenters. The van der Waals surface area contributed by atoms with E-state index >= 15 is 0 Å². The molecule has 9 nitrogen and oxygen atoms in total. The number of hydrogen-bond acceptors (Lipinski definition) is 8. The van der Waals surface area contributed by atoms with E-state index in [9.17, 15) is 19.7 Å². The molecule has 0 N–H and O–H groups in total. The average Bonchev–Trinajstić information content (AvgIpc) is 3.26. The Morgan fingerprint density at radius 2 is 1.88 bits per heavy atom. The third-order valence-electron chi connectivity index (χ3n) is 7.63. The Morgan fingerprint density at radius 3 is 2.51 bits per heavy atom. The number of nitro benzene ring substituents is 1. The lowest BCUT2D eigenvalue weighted by molar-refractivity contribution is -0.384. The van der Waals surface area contributed by atoms with E-state index in [4.69, 9.17) is 4.74 Å². The molecule has 1 fully saturated rings. The van der Waals surface area contributed by atoms with Crippen molar-refractivity contribution in [3.8, 4) is 0 Å². The fourth-order valence-electron chi connectivity index (χ4n) is 5.50. The van der Waals surface area contributed by atoms with Crippen molar-refractivity contribution in [1.29, 1.82) is 0 Å². The van der Waals surface area contributed by atoms with Gasteiger partial charge in [0.25, 0.3) is 11.2 Å². The zero-order valence-electron chi connectivity index (χ0n) is 23.8. The maximum Gasteiger partial charge on any atom is 0.338 e. The summed E-state index contributed by atoms with van der Waals surface area (Å²) in [5.41, 5.74) is 3.62. The Morgan fingerprint density at radius 1 is 1.17 bits per heavy atom. The quantitative estimate of drug-likeness (QED) is 0.228. The average molecular weight is 575 g/mol. The number of fused-ring (bicyclic) bond motifs is 1. The number of thiazole rings is 1. The smallest absolute Gasteiger partial charge is 0.338 e. The molecule has 2 aliphatic heterocycles. The topological polar surface area (TPSA) is 107 Å². The van der Waals surface area contributed by atoms with Crippen LogP contribution >= 0.6 is 11.3 Å². The SMILES string of the molecule is CCOC(=O)C1=C(C)N=c2sc(=Cc3ccc(N4CCCCC4)c([N+](=O)[O-])c3)c(=O)n2C1c1ccc(C(C)C)cc1. The van der Waals surface area contributed by atoms with Gasteiger partial charge in [-0.05, 0) is 67.9 Å². The number of benzene rings is 2. The van der Waals surface area contributed by atoms with Crippen LogP contribution in [0, 0.1) is 10.1 Å². The first-order valence-corrected chi connectivity index (χ1v) is 14.8. The number of rotatable bonds is 7. The normalized spacial score (nSPS) is 17.4. The van der Waals surface area contributed by atoms with Crippen molar-refractivity contribution in [3.05, 3.63) is 100 Å². The largest absolute Gasteiger partial charge is 0.463 e. The lowest BCUT2D eigenvalue weighted by Gasteiger charge is -2.28. The second-order valence-corrected chi connectivity index (χ2v) is 11.7. The van der Waals surface area contributed by atoms with Crippen molar-refractivity contribution in [2.24, 2.45) is 4.99 Å². The molecule has 0 saturated carbocycles. The van der Waals surface area contributed by atoms with Gasteiger partial charge in [0.2, 0.25) is 0 Å². The van der Waals surface area contributed by atoms with Crippen LogP contribution in [0.5, 0.6) is 0 Å². The summed E-state index contributed by atoms with van der Waals surface area (Å²) in [7, 11) is 0. The maximum absolute atomic E-state index is 13.9. The van der Waals surface area contributed by atoms with Crippen LogP contribution in [0.1, 0.15) is 75.6 Å². The van der Waals surface area contributed by atoms with E-state index in [1.807, 2.05) is 30.3 Å². The number of carbonyl (C=O) groups excluding carboxylic acids is 1. The molecule has 5 rings (SSSR count). The lowest BCUT2D eigenvalue weighted by Crippen LogP contribution is -2.39. The summed E-state index contributed by atoms with van der Waals surface area (Å²) in [4.78, 5) is 45.8. The first-order valence-electron chi connectivity index (χ1n) is 14.0. The molecule has 41 heavy (non-hydrogen) atoms. The van der Waals surface area contributed by atoms with Crippen LogP contribution in [0.15, 0.2) is 63.5 Å². The number of carbonyl (C=O) groups is 1. The number of ether oxygens (including phenoxy) is 1. The Labute approximate surface area is 242 Å². The minimum absolute atomic E-state index is 0.0250. The molecule has 2 aliphatic rings. The summed E-state index contributed by atoms with van der Waals surface area (Å²) in [6, 6.07) is 12.3. The Balaban J connectivity index is 1.63.